The Morgan fingerprint density at radius 2 is 1.13 bits per heavy atom. The zero-order valence-electron chi connectivity index (χ0n) is 28.3. The summed E-state index contributed by atoms with van der Waals surface area (Å²) in [6, 6.07) is 19.5. The third kappa shape index (κ3) is 14.6. The van der Waals surface area contributed by atoms with Gasteiger partial charge in [-0.05, 0) is 43.5 Å². The van der Waals surface area contributed by atoms with Crippen LogP contribution < -0.4 is 0 Å². The molecule has 0 radical (unpaired) electrons. The Balaban J connectivity index is 0.000000280. The Morgan fingerprint density at radius 3 is 1.47 bits per heavy atom. The van der Waals surface area contributed by atoms with E-state index in [0.717, 1.165) is 11.1 Å². The first-order valence-corrected chi connectivity index (χ1v) is 16.0. The van der Waals surface area contributed by atoms with Crippen LogP contribution in [0, 0.1) is 10.8 Å². The van der Waals surface area contributed by atoms with Gasteiger partial charge in [-0.15, -0.1) is 0 Å². The van der Waals surface area contributed by atoms with Gasteiger partial charge in [-0.1, -0.05) is 81.4 Å². The molecule has 2 aliphatic heterocycles. The van der Waals surface area contributed by atoms with E-state index in [-0.39, 0.29) is 55.0 Å². The van der Waals surface area contributed by atoms with Crippen molar-refractivity contribution in [2.45, 2.75) is 91.6 Å². The predicted octanol–water partition coefficient (Wildman–Crippen LogP) is 5.94. The van der Waals surface area contributed by atoms with Gasteiger partial charge >= 0.3 is 17.9 Å². The number of halogens is 1. The zero-order chi connectivity index (χ0) is 35.1. The first kappa shape index (κ1) is 39.9. The first-order chi connectivity index (χ1) is 22.0. The maximum Gasteiger partial charge on any atom is 0.311 e. The third-order valence-electron chi connectivity index (χ3n) is 7.14. The van der Waals surface area contributed by atoms with Gasteiger partial charge < -0.3 is 28.8 Å². The third-order valence-corrected chi connectivity index (χ3v) is 7.71. The van der Waals surface area contributed by atoms with Crippen LogP contribution in [-0.4, -0.2) is 65.9 Å². The number of hydrogen-bond acceptors (Lipinski definition) is 10. The monoisotopic (exact) mass is 676 g/mol. The van der Waals surface area contributed by atoms with Gasteiger partial charge in [0.15, 0.2) is 11.2 Å². The SMILES string of the molecule is CC(C)(C)C(=O)Cl.CC(C)(C)C(=O)OCC1(COCc2ccccc2)CCC(=O)O1.O=C1CCC(CO)(COCc2ccccc2)O1. The minimum atomic E-state index is -0.868. The van der Waals surface area contributed by atoms with Crippen molar-refractivity contribution in [1.29, 1.82) is 0 Å². The molecule has 1 N–H and O–H groups in total. The minimum absolute atomic E-state index is 0.0314. The molecule has 0 aromatic heterocycles. The normalized spacial score (nSPS) is 20.6. The second kappa shape index (κ2) is 18.3. The first-order valence-electron chi connectivity index (χ1n) is 15.6. The number of cyclic esters (lactones) is 2. The lowest BCUT2D eigenvalue weighted by molar-refractivity contribution is -0.174. The summed E-state index contributed by atoms with van der Waals surface area (Å²) in [6.07, 6.45) is 1.70. The van der Waals surface area contributed by atoms with Gasteiger partial charge in [0, 0.05) is 31.1 Å². The molecule has 2 fully saturated rings. The molecule has 2 aromatic carbocycles. The molecule has 2 heterocycles. The Morgan fingerprint density at radius 1 is 0.723 bits per heavy atom. The van der Waals surface area contributed by atoms with Crippen molar-refractivity contribution >= 4 is 34.8 Å². The van der Waals surface area contributed by atoms with Crippen LogP contribution in [0.5, 0.6) is 0 Å². The second-order valence-corrected chi connectivity index (χ2v) is 14.1. The van der Waals surface area contributed by atoms with Crippen LogP contribution in [0.3, 0.4) is 0 Å². The van der Waals surface area contributed by atoms with Crippen molar-refractivity contribution in [3.05, 3.63) is 71.8 Å². The maximum absolute atomic E-state index is 11.9. The summed E-state index contributed by atoms with van der Waals surface area (Å²) in [5, 5.41) is 8.99. The fraction of sp³-hybridized carbons (Fsp3) is 0.556. The van der Waals surface area contributed by atoms with Crippen molar-refractivity contribution < 1.29 is 48.0 Å². The molecule has 10 nitrogen and oxygen atoms in total. The van der Waals surface area contributed by atoms with E-state index >= 15 is 0 Å². The largest absolute Gasteiger partial charge is 0.461 e. The average Bonchev–Trinajstić information content (AvgIpc) is 3.59. The van der Waals surface area contributed by atoms with E-state index in [1.807, 2.05) is 60.7 Å². The summed E-state index contributed by atoms with van der Waals surface area (Å²) < 4.78 is 27.1. The number of carbonyl (C=O) groups excluding carboxylic acids is 4. The molecule has 4 rings (SSSR count). The fourth-order valence-electron chi connectivity index (χ4n) is 4.12. The van der Waals surface area contributed by atoms with Gasteiger partial charge in [0.05, 0.1) is 38.4 Å². The number of esters is 3. The molecule has 2 saturated heterocycles. The number of rotatable bonds is 11. The van der Waals surface area contributed by atoms with Crippen molar-refractivity contribution in [1.82, 2.24) is 0 Å². The lowest BCUT2D eigenvalue weighted by atomic mass is 9.97. The van der Waals surface area contributed by atoms with Crippen LogP contribution in [0.1, 0.15) is 78.4 Å². The smallest absolute Gasteiger partial charge is 0.311 e. The maximum atomic E-state index is 11.9. The molecule has 2 aromatic rings. The molecule has 2 aliphatic rings. The topological polar surface area (TPSA) is 135 Å². The lowest BCUT2D eigenvalue weighted by Crippen LogP contribution is -2.41. The molecule has 47 heavy (non-hydrogen) atoms. The number of benzene rings is 2. The molecule has 2 unspecified atom stereocenters. The Kier molecular flexibility index (Phi) is 15.5. The highest BCUT2D eigenvalue weighted by Gasteiger charge is 2.43. The van der Waals surface area contributed by atoms with Gasteiger partial charge in [0.25, 0.3) is 0 Å². The highest BCUT2D eigenvalue weighted by Crippen LogP contribution is 2.29. The molecule has 0 aliphatic carbocycles. The summed E-state index contributed by atoms with van der Waals surface area (Å²) >= 11 is 5.11. The Labute approximate surface area is 283 Å². The molecule has 2 atom stereocenters. The van der Waals surface area contributed by atoms with Crippen LogP contribution in [-0.2, 0) is 56.1 Å². The standard InChI is InChI=1S/C18H24O5.C13H16O4.C5H9ClO/c1-17(2,3)16(20)22-13-18(10-9-15(19)23-18)12-21-11-14-7-5-4-6-8-14;14-9-13(7-6-12(15)17-13)10-16-8-11-4-2-1-3-5-11;1-5(2,3)4(6)7/h4-8H,9-13H2,1-3H3;1-5,14H,6-10H2;1-3H3. The molecule has 0 amide bonds. The summed E-state index contributed by atoms with van der Waals surface area (Å²) in [5.41, 5.74) is -0.557. The van der Waals surface area contributed by atoms with Crippen molar-refractivity contribution in [3.63, 3.8) is 0 Å². The molecule has 0 saturated carbocycles. The predicted molar refractivity (Wildman–Crippen MR) is 176 cm³/mol. The van der Waals surface area contributed by atoms with Gasteiger partial charge in [-0.3, -0.25) is 19.2 Å². The highest BCUT2D eigenvalue weighted by molar-refractivity contribution is 6.64. The van der Waals surface area contributed by atoms with Gasteiger partial charge in [-0.2, -0.15) is 0 Å². The van der Waals surface area contributed by atoms with Crippen molar-refractivity contribution in [3.8, 4) is 0 Å². The summed E-state index contributed by atoms with van der Waals surface area (Å²) in [7, 11) is 0. The van der Waals surface area contributed by atoms with E-state index < -0.39 is 16.6 Å². The van der Waals surface area contributed by atoms with E-state index in [2.05, 4.69) is 0 Å². The Hall–Kier alpha value is -3.31. The second-order valence-electron chi connectivity index (χ2n) is 13.8. The summed E-state index contributed by atoms with van der Waals surface area (Å²) in [6.45, 7) is 11.9. The average molecular weight is 677 g/mol. The van der Waals surface area contributed by atoms with Gasteiger partial charge in [-0.25, -0.2) is 0 Å². The van der Waals surface area contributed by atoms with Crippen LogP contribution in [0.15, 0.2) is 60.7 Å². The molecule has 11 heteroatoms. The van der Waals surface area contributed by atoms with E-state index in [1.54, 1.807) is 41.5 Å². The molecule has 260 valence electrons. The minimum Gasteiger partial charge on any atom is -0.461 e. The number of hydrogen-bond donors (Lipinski definition) is 1. The van der Waals surface area contributed by atoms with E-state index in [9.17, 15) is 24.3 Å². The van der Waals surface area contributed by atoms with Gasteiger partial charge in [0.2, 0.25) is 5.24 Å². The molecule has 0 bridgehead atoms. The number of carbonyl (C=O) groups is 4. The van der Waals surface area contributed by atoms with Crippen LogP contribution in [0.4, 0.5) is 0 Å². The number of aliphatic hydroxyl groups excluding tert-OH is 1. The molecule has 0 spiro atoms. The van der Waals surface area contributed by atoms with Crippen molar-refractivity contribution in [2.24, 2.45) is 10.8 Å². The summed E-state index contributed by atoms with van der Waals surface area (Å²) in [4.78, 5) is 44.7. The molecular formula is C36H49ClO10. The van der Waals surface area contributed by atoms with E-state index in [1.165, 1.54) is 0 Å². The number of ether oxygens (including phenoxy) is 5. The number of aliphatic hydroxyl groups is 1. The van der Waals surface area contributed by atoms with Crippen molar-refractivity contribution in [2.75, 3.05) is 26.4 Å². The van der Waals surface area contributed by atoms with E-state index in [0.29, 0.717) is 38.9 Å². The quantitative estimate of drug-likeness (QED) is 0.173. The van der Waals surface area contributed by atoms with Gasteiger partial charge in [0.1, 0.15) is 6.61 Å². The van der Waals surface area contributed by atoms with Crippen LogP contribution >= 0.6 is 11.6 Å². The lowest BCUT2D eigenvalue weighted by Gasteiger charge is -2.28. The van der Waals surface area contributed by atoms with E-state index in [4.69, 9.17) is 35.3 Å². The Bertz CT molecular complexity index is 1290. The fourth-order valence-corrected chi connectivity index (χ4v) is 4.12. The zero-order valence-corrected chi connectivity index (χ0v) is 29.1. The summed E-state index contributed by atoms with van der Waals surface area (Å²) in [5.74, 6) is -0.856. The van der Waals surface area contributed by atoms with Crippen LogP contribution in [0.2, 0.25) is 0 Å². The highest BCUT2D eigenvalue weighted by atomic mass is 35.5. The molecular weight excluding hydrogens is 628 g/mol. The van der Waals surface area contributed by atoms with Crippen LogP contribution in [0.25, 0.3) is 0 Å².